The molecule has 0 amide bonds. The van der Waals surface area contributed by atoms with Crippen LogP contribution in [0.4, 0.5) is 10.9 Å². The normalized spacial score (nSPS) is 11.2. The third-order valence-electron chi connectivity index (χ3n) is 3.93. The largest absolute Gasteiger partial charge is 0.383 e. The summed E-state index contributed by atoms with van der Waals surface area (Å²) in [4.78, 5) is 4.11. The van der Waals surface area contributed by atoms with Gasteiger partial charge in [0, 0.05) is 10.9 Å². The number of rotatable bonds is 3. The summed E-state index contributed by atoms with van der Waals surface area (Å²) in [5.41, 5.74) is 16.2. The van der Waals surface area contributed by atoms with E-state index < -0.39 is 0 Å². The summed E-state index contributed by atoms with van der Waals surface area (Å²) < 4.78 is 0. The lowest BCUT2D eigenvalue weighted by Crippen LogP contribution is -2.03. The molecule has 106 valence electrons. The topological polar surface area (TPSA) is 63.3 Å². The third-order valence-corrected chi connectivity index (χ3v) is 4.70. The molecule has 0 atom stereocenters. The average molecular weight is 288 g/mol. The van der Waals surface area contributed by atoms with Gasteiger partial charge in [0.2, 0.25) is 5.13 Å². The lowest BCUT2D eigenvalue weighted by molar-refractivity contribution is 1.16. The summed E-state index contributed by atoms with van der Waals surface area (Å²) >= 11 is 1.44. The molecule has 1 aromatic heterocycles. The Bertz CT molecular complexity index is 642. The van der Waals surface area contributed by atoms with E-state index in [1.54, 1.807) is 5.38 Å². The van der Waals surface area contributed by atoms with Gasteiger partial charge in [0.15, 0.2) is 0 Å². The quantitative estimate of drug-likeness (QED) is 0.668. The van der Waals surface area contributed by atoms with Gasteiger partial charge in [0.1, 0.15) is 5.82 Å². The molecule has 1 aromatic carbocycles. The fraction of sp³-hybridized carbons (Fsp3) is 0.333. The molecule has 0 radical (unpaired) electrons. The molecule has 0 saturated heterocycles. The highest BCUT2D eigenvalue weighted by Crippen LogP contribution is 2.25. The van der Waals surface area contributed by atoms with E-state index in [4.69, 9.17) is 5.73 Å². The van der Waals surface area contributed by atoms with Gasteiger partial charge in [-0.15, -0.1) is 11.3 Å². The maximum absolute atomic E-state index is 5.57. The Balaban J connectivity index is 2.29. The molecule has 3 N–H and O–H groups in total. The van der Waals surface area contributed by atoms with Gasteiger partial charge in [0.25, 0.3) is 0 Å². The Morgan fingerprint density at radius 3 is 2.10 bits per heavy atom. The van der Waals surface area contributed by atoms with Gasteiger partial charge in [-0.05, 0) is 62.4 Å². The molecule has 2 rings (SSSR count). The van der Waals surface area contributed by atoms with Gasteiger partial charge in [-0.1, -0.05) is 0 Å². The van der Waals surface area contributed by atoms with Crippen molar-refractivity contribution in [3.8, 4) is 0 Å². The number of aromatic nitrogens is 1. The molecule has 0 aliphatic rings. The summed E-state index contributed by atoms with van der Waals surface area (Å²) in [7, 11) is 0. The number of hydrazone groups is 1. The van der Waals surface area contributed by atoms with Crippen molar-refractivity contribution in [2.45, 2.75) is 34.6 Å². The van der Waals surface area contributed by atoms with Crippen LogP contribution >= 0.6 is 11.3 Å². The minimum Gasteiger partial charge on any atom is -0.383 e. The highest BCUT2D eigenvalue weighted by molar-refractivity contribution is 7.14. The van der Waals surface area contributed by atoms with Crippen molar-refractivity contribution in [1.82, 2.24) is 4.98 Å². The van der Waals surface area contributed by atoms with Crippen LogP contribution in [0.15, 0.2) is 10.5 Å². The molecule has 20 heavy (non-hydrogen) atoms. The van der Waals surface area contributed by atoms with E-state index in [-0.39, 0.29) is 0 Å². The first-order valence-electron chi connectivity index (χ1n) is 6.48. The molecule has 0 fully saturated rings. The van der Waals surface area contributed by atoms with Crippen LogP contribution in [0.2, 0.25) is 0 Å². The van der Waals surface area contributed by atoms with Crippen LogP contribution in [-0.2, 0) is 0 Å². The minimum absolute atomic E-state index is 0.516. The van der Waals surface area contributed by atoms with Crippen molar-refractivity contribution < 1.29 is 0 Å². The Morgan fingerprint density at radius 2 is 1.60 bits per heavy atom. The second-order valence-electron chi connectivity index (χ2n) is 4.99. The molecule has 0 bridgehead atoms. The first-order valence-corrected chi connectivity index (χ1v) is 7.36. The van der Waals surface area contributed by atoms with Gasteiger partial charge in [-0.3, -0.25) is 5.43 Å². The molecule has 0 aliphatic carbocycles. The van der Waals surface area contributed by atoms with Crippen molar-refractivity contribution in [2.24, 2.45) is 5.10 Å². The van der Waals surface area contributed by atoms with Crippen molar-refractivity contribution in [3.05, 3.63) is 38.8 Å². The van der Waals surface area contributed by atoms with Gasteiger partial charge < -0.3 is 5.73 Å². The number of benzene rings is 1. The Labute approximate surface area is 123 Å². The van der Waals surface area contributed by atoms with Crippen LogP contribution < -0.4 is 11.2 Å². The maximum Gasteiger partial charge on any atom is 0.205 e. The lowest BCUT2D eigenvalue weighted by atomic mass is 9.90. The number of nitrogen functional groups attached to an aromatic ring is 1. The van der Waals surface area contributed by atoms with Crippen molar-refractivity contribution >= 4 is 28.5 Å². The summed E-state index contributed by atoms with van der Waals surface area (Å²) in [5.74, 6) is 0.516. The van der Waals surface area contributed by atoms with E-state index in [9.17, 15) is 0 Å². The van der Waals surface area contributed by atoms with E-state index in [1.165, 1.54) is 44.7 Å². The van der Waals surface area contributed by atoms with Crippen LogP contribution in [-0.4, -0.2) is 11.2 Å². The highest BCUT2D eigenvalue weighted by Gasteiger charge is 2.10. The number of thiazole rings is 1. The zero-order valence-corrected chi connectivity index (χ0v) is 13.4. The van der Waals surface area contributed by atoms with Crippen LogP contribution in [0.5, 0.6) is 0 Å². The minimum atomic E-state index is 0.516. The zero-order chi connectivity index (χ0) is 14.9. The molecule has 0 unspecified atom stereocenters. The van der Waals surface area contributed by atoms with Gasteiger partial charge in [0.05, 0.1) is 6.21 Å². The number of nitrogens with two attached hydrogens (primary N) is 1. The van der Waals surface area contributed by atoms with E-state index in [0.29, 0.717) is 10.9 Å². The molecular weight excluding hydrogens is 268 g/mol. The molecule has 0 spiro atoms. The third kappa shape index (κ3) is 2.67. The Hall–Kier alpha value is -1.88. The number of hydrogen-bond donors (Lipinski definition) is 2. The molecule has 1 heterocycles. The van der Waals surface area contributed by atoms with Crippen LogP contribution in [0.1, 0.15) is 33.4 Å². The Morgan fingerprint density at radius 1 is 1.05 bits per heavy atom. The monoisotopic (exact) mass is 288 g/mol. The molecule has 0 aliphatic heterocycles. The smallest absolute Gasteiger partial charge is 0.205 e. The molecule has 5 heteroatoms. The molecule has 4 nitrogen and oxygen atoms in total. The van der Waals surface area contributed by atoms with Gasteiger partial charge in [-0.2, -0.15) is 5.10 Å². The van der Waals surface area contributed by atoms with Crippen molar-refractivity contribution in [3.63, 3.8) is 0 Å². The zero-order valence-electron chi connectivity index (χ0n) is 12.5. The van der Waals surface area contributed by atoms with Crippen molar-refractivity contribution in [2.75, 3.05) is 11.2 Å². The second-order valence-corrected chi connectivity index (χ2v) is 5.84. The summed E-state index contributed by atoms with van der Waals surface area (Å²) in [6.45, 7) is 10.8. The SMILES string of the molecule is Cc1c(C)c(C)c(C=NNc2nc(N)cs2)c(C)c1C. The van der Waals surface area contributed by atoms with E-state index in [1.807, 2.05) is 6.21 Å². The number of hydrogen-bond acceptors (Lipinski definition) is 5. The second kappa shape index (κ2) is 5.63. The standard InChI is InChI=1S/C15H20N4S/c1-8-9(2)11(4)13(12(5)10(8)3)6-17-19-15-18-14(16)7-20-15/h6-7H,16H2,1-5H3,(H,18,19). The number of nitrogens with one attached hydrogen (secondary N) is 1. The highest BCUT2D eigenvalue weighted by atomic mass is 32.1. The van der Waals surface area contributed by atoms with E-state index in [2.05, 4.69) is 50.1 Å². The maximum atomic E-state index is 5.57. The summed E-state index contributed by atoms with van der Waals surface area (Å²) in [6.07, 6.45) is 1.86. The van der Waals surface area contributed by atoms with E-state index >= 15 is 0 Å². The summed E-state index contributed by atoms with van der Waals surface area (Å²) in [5, 5.41) is 6.77. The summed E-state index contributed by atoms with van der Waals surface area (Å²) in [6, 6.07) is 0. The molecule has 2 aromatic rings. The van der Waals surface area contributed by atoms with Gasteiger partial charge in [-0.25, -0.2) is 4.98 Å². The predicted octanol–water partition coefficient (Wildman–Crippen LogP) is 3.71. The van der Waals surface area contributed by atoms with Crippen molar-refractivity contribution in [1.29, 1.82) is 0 Å². The van der Waals surface area contributed by atoms with Crippen LogP contribution in [0.25, 0.3) is 0 Å². The van der Waals surface area contributed by atoms with Crippen LogP contribution in [0.3, 0.4) is 0 Å². The first-order chi connectivity index (χ1) is 9.41. The fourth-order valence-corrected chi connectivity index (χ4v) is 2.76. The lowest BCUT2D eigenvalue weighted by Gasteiger charge is -2.15. The number of nitrogens with zero attached hydrogens (tertiary/aromatic N) is 2. The average Bonchev–Trinajstić information content (AvgIpc) is 2.84. The number of anilines is 2. The molecule has 0 saturated carbocycles. The fourth-order valence-electron chi connectivity index (χ4n) is 2.21. The predicted molar refractivity (Wildman–Crippen MR) is 87.9 cm³/mol. The van der Waals surface area contributed by atoms with Gasteiger partial charge >= 0.3 is 0 Å². The Kier molecular flexibility index (Phi) is 4.09. The molecular formula is C15H20N4S. The van der Waals surface area contributed by atoms with E-state index in [0.717, 1.165) is 0 Å². The first kappa shape index (κ1) is 14.5. The van der Waals surface area contributed by atoms with Crippen LogP contribution in [0, 0.1) is 34.6 Å².